The molecule has 8 nitrogen and oxygen atoms in total. The van der Waals surface area contributed by atoms with E-state index in [0.29, 0.717) is 52.6 Å². The number of nitriles is 1. The minimum absolute atomic E-state index is 0.000174. The van der Waals surface area contributed by atoms with Gasteiger partial charge < -0.3 is 19.9 Å². The quantitative estimate of drug-likeness (QED) is 0.767. The number of Topliss-reactive ketones (excluding diaryl/α,β-unsaturated/α-hetero) is 1. The van der Waals surface area contributed by atoms with E-state index in [0.717, 1.165) is 5.70 Å². The van der Waals surface area contributed by atoms with Crippen LogP contribution in [0, 0.1) is 16.7 Å². The molecule has 1 atom stereocenters. The number of hydrazine groups is 1. The Labute approximate surface area is 183 Å². The van der Waals surface area contributed by atoms with Gasteiger partial charge in [0.05, 0.1) is 38.9 Å². The smallest absolute Gasteiger partial charge is 0.164 e. The zero-order valence-corrected chi connectivity index (χ0v) is 19.2. The third-order valence-corrected chi connectivity index (χ3v) is 5.80. The summed E-state index contributed by atoms with van der Waals surface area (Å²) in [6.07, 6.45) is 1.04. The third-order valence-electron chi connectivity index (χ3n) is 5.80. The maximum Gasteiger partial charge on any atom is 0.164 e. The molecule has 0 bridgehead atoms. The minimum atomic E-state index is -0.658. The van der Waals surface area contributed by atoms with Crippen LogP contribution in [0.1, 0.15) is 38.2 Å². The van der Waals surface area contributed by atoms with E-state index in [-0.39, 0.29) is 11.2 Å². The van der Waals surface area contributed by atoms with Crippen LogP contribution in [0.25, 0.3) is 0 Å². The van der Waals surface area contributed by atoms with Crippen molar-refractivity contribution < 1.29 is 19.0 Å². The molecule has 0 saturated heterocycles. The van der Waals surface area contributed by atoms with Gasteiger partial charge in [0.1, 0.15) is 11.6 Å². The second-order valence-electron chi connectivity index (χ2n) is 8.75. The average Bonchev–Trinajstić information content (AvgIpc) is 2.70. The highest BCUT2D eigenvalue weighted by Crippen LogP contribution is 2.52. The lowest BCUT2D eigenvalue weighted by molar-refractivity contribution is -0.119. The minimum Gasteiger partial charge on any atom is -0.496 e. The van der Waals surface area contributed by atoms with E-state index >= 15 is 0 Å². The van der Waals surface area contributed by atoms with Crippen LogP contribution in [-0.4, -0.2) is 51.2 Å². The number of methoxy groups -OCH3 is 3. The topological polar surface area (TPSA) is 101 Å². The van der Waals surface area contributed by atoms with E-state index < -0.39 is 5.92 Å². The first-order chi connectivity index (χ1) is 14.6. The molecule has 1 heterocycles. The van der Waals surface area contributed by atoms with Crippen molar-refractivity contribution in [3.8, 4) is 23.3 Å². The molecule has 0 saturated carbocycles. The van der Waals surface area contributed by atoms with Gasteiger partial charge in [-0.15, -0.1) is 0 Å². The van der Waals surface area contributed by atoms with Crippen molar-refractivity contribution in [3.63, 3.8) is 0 Å². The summed E-state index contributed by atoms with van der Waals surface area (Å²) in [4.78, 5) is 13.5. The molecule has 31 heavy (non-hydrogen) atoms. The fourth-order valence-corrected chi connectivity index (χ4v) is 4.54. The number of benzene rings is 1. The lowest BCUT2D eigenvalue weighted by Gasteiger charge is -2.45. The zero-order chi connectivity index (χ0) is 23.1. The summed E-state index contributed by atoms with van der Waals surface area (Å²) in [6.45, 7) is 4.13. The second-order valence-corrected chi connectivity index (χ2v) is 8.75. The second kappa shape index (κ2) is 8.16. The monoisotopic (exact) mass is 426 g/mol. The summed E-state index contributed by atoms with van der Waals surface area (Å²) in [5.74, 6) is 1.11. The van der Waals surface area contributed by atoms with E-state index in [9.17, 15) is 10.1 Å². The highest BCUT2D eigenvalue weighted by Gasteiger charge is 2.45. The van der Waals surface area contributed by atoms with Crippen molar-refractivity contribution in [1.82, 2.24) is 10.0 Å². The first-order valence-corrected chi connectivity index (χ1v) is 10.0. The van der Waals surface area contributed by atoms with Crippen LogP contribution in [0.5, 0.6) is 17.2 Å². The van der Waals surface area contributed by atoms with Crippen LogP contribution in [0.15, 0.2) is 34.8 Å². The van der Waals surface area contributed by atoms with Gasteiger partial charge in [0.25, 0.3) is 0 Å². The maximum atomic E-state index is 13.5. The fourth-order valence-electron chi connectivity index (χ4n) is 4.54. The Morgan fingerprint density at radius 3 is 2.19 bits per heavy atom. The van der Waals surface area contributed by atoms with Gasteiger partial charge in [-0.2, -0.15) is 5.26 Å². The van der Waals surface area contributed by atoms with Crippen LogP contribution in [0.3, 0.4) is 0 Å². The molecule has 0 unspecified atom stereocenters. The van der Waals surface area contributed by atoms with Crippen LogP contribution < -0.4 is 19.9 Å². The van der Waals surface area contributed by atoms with Crippen molar-refractivity contribution in [1.29, 1.82) is 5.26 Å². The van der Waals surface area contributed by atoms with Crippen molar-refractivity contribution in [2.45, 2.75) is 32.6 Å². The van der Waals surface area contributed by atoms with Crippen LogP contribution in [-0.2, 0) is 4.79 Å². The van der Waals surface area contributed by atoms with E-state index in [4.69, 9.17) is 19.9 Å². The number of hydrogen-bond acceptors (Lipinski definition) is 8. The first kappa shape index (κ1) is 22.5. The number of nitrogens with two attached hydrogens (primary N) is 1. The predicted octanol–water partition coefficient (Wildman–Crippen LogP) is 2.93. The van der Waals surface area contributed by atoms with Crippen LogP contribution in [0.2, 0.25) is 0 Å². The summed E-state index contributed by atoms with van der Waals surface area (Å²) in [5.41, 5.74) is 8.62. The zero-order valence-electron chi connectivity index (χ0n) is 19.2. The summed E-state index contributed by atoms with van der Waals surface area (Å²) in [6, 6.07) is 5.71. The fraction of sp³-hybridized carbons (Fsp3) is 0.478. The normalized spacial score (nSPS) is 20.5. The number of allylic oxidation sites excluding steroid dienone is 3. The Morgan fingerprint density at radius 2 is 1.68 bits per heavy atom. The summed E-state index contributed by atoms with van der Waals surface area (Å²) < 4.78 is 16.5. The molecule has 1 aromatic rings. The van der Waals surface area contributed by atoms with Crippen molar-refractivity contribution in [3.05, 3.63) is 40.4 Å². The third kappa shape index (κ3) is 3.70. The molecule has 0 amide bonds. The van der Waals surface area contributed by atoms with Gasteiger partial charge in [-0.25, -0.2) is 5.01 Å². The Morgan fingerprint density at radius 1 is 1.10 bits per heavy atom. The summed E-state index contributed by atoms with van der Waals surface area (Å²) in [5, 5.41) is 13.7. The molecule has 0 fully saturated rings. The van der Waals surface area contributed by atoms with Crippen molar-refractivity contribution >= 4 is 5.78 Å². The standard InChI is InChI=1S/C23H30N4O4/c1-23(2)10-15-21(16(28)11-23)20(14(12-24)22(25)27(15)26(3)4)13-8-18(30-6)19(31-7)9-17(13)29-5/h8-9,20H,10-11,25H2,1-7H3/t20-/m1/s1. The van der Waals surface area contributed by atoms with E-state index in [2.05, 4.69) is 19.9 Å². The lowest BCUT2D eigenvalue weighted by Crippen LogP contribution is -2.47. The first-order valence-electron chi connectivity index (χ1n) is 10.0. The van der Waals surface area contributed by atoms with Gasteiger partial charge >= 0.3 is 0 Å². The number of carbonyl (C=O) groups is 1. The Bertz CT molecular complexity index is 1020. The number of hydrogen-bond donors (Lipinski definition) is 1. The predicted molar refractivity (Wildman–Crippen MR) is 116 cm³/mol. The Kier molecular flexibility index (Phi) is 5.92. The average molecular weight is 427 g/mol. The lowest BCUT2D eigenvalue weighted by atomic mass is 9.69. The van der Waals surface area contributed by atoms with E-state index in [1.165, 1.54) is 7.11 Å². The van der Waals surface area contributed by atoms with E-state index in [1.807, 2.05) is 14.1 Å². The Balaban J connectivity index is 2.37. The van der Waals surface area contributed by atoms with Gasteiger partial charge in [-0.05, 0) is 17.9 Å². The molecule has 8 heteroatoms. The van der Waals surface area contributed by atoms with Gasteiger partial charge in [-0.3, -0.25) is 9.80 Å². The molecule has 1 aliphatic carbocycles. The van der Waals surface area contributed by atoms with E-state index in [1.54, 1.807) is 36.4 Å². The van der Waals surface area contributed by atoms with Crippen LogP contribution in [0.4, 0.5) is 0 Å². The summed E-state index contributed by atoms with van der Waals surface area (Å²) >= 11 is 0. The highest BCUT2D eigenvalue weighted by molar-refractivity contribution is 6.00. The Hall–Kier alpha value is -3.18. The number of rotatable bonds is 5. The summed E-state index contributed by atoms with van der Waals surface area (Å²) in [7, 11) is 8.31. The molecule has 3 rings (SSSR count). The number of ketones is 1. The number of nitrogens with zero attached hydrogens (tertiary/aromatic N) is 3. The molecular formula is C23H30N4O4. The van der Waals surface area contributed by atoms with Crippen molar-refractivity contribution in [2.24, 2.45) is 11.1 Å². The molecule has 1 aromatic carbocycles. The van der Waals surface area contributed by atoms with Gasteiger partial charge in [0.15, 0.2) is 17.3 Å². The number of carbonyl (C=O) groups excluding carboxylic acids is 1. The SMILES string of the molecule is COc1cc(OC)c([C@@H]2C(C#N)=C(N)N(N(C)C)C3=C2C(=O)CC(C)(C)C3)cc1OC. The van der Waals surface area contributed by atoms with Crippen LogP contribution >= 0.6 is 0 Å². The molecular weight excluding hydrogens is 396 g/mol. The largest absolute Gasteiger partial charge is 0.496 e. The molecule has 2 aliphatic rings. The van der Waals surface area contributed by atoms with Gasteiger partial charge in [0, 0.05) is 43.4 Å². The van der Waals surface area contributed by atoms with Crippen molar-refractivity contribution in [2.75, 3.05) is 35.4 Å². The molecule has 1 aliphatic heterocycles. The van der Waals surface area contributed by atoms with Gasteiger partial charge in [-0.1, -0.05) is 13.8 Å². The molecule has 0 aromatic heterocycles. The number of ether oxygens (including phenoxy) is 3. The highest BCUT2D eigenvalue weighted by atomic mass is 16.5. The molecule has 0 spiro atoms. The van der Waals surface area contributed by atoms with Gasteiger partial charge in [0.2, 0.25) is 0 Å². The maximum absolute atomic E-state index is 13.5. The molecule has 2 N–H and O–H groups in total. The molecule has 0 radical (unpaired) electrons. The molecule has 166 valence electrons.